The zero-order valence-corrected chi connectivity index (χ0v) is 13.4. The standard InChI is InChI=1S/C15H15BrN2O4/c1-2-3-12(15(21)22)18-14(20)10-7-13(19)17-11-5-4-8(16)6-9(10)11/h4-7,12H,2-3H2,1H3,(H,17,19)(H,18,20)(H,21,22). The SMILES string of the molecule is CCCC(NC(=O)c1cc(=O)[nH]c2ccc(Br)cc12)C(=O)O. The van der Waals surface area contributed by atoms with Crippen molar-refractivity contribution in [3.63, 3.8) is 0 Å². The fourth-order valence-corrected chi connectivity index (χ4v) is 2.56. The summed E-state index contributed by atoms with van der Waals surface area (Å²) in [6.07, 6.45) is 0.949. The summed E-state index contributed by atoms with van der Waals surface area (Å²) in [5.41, 5.74) is 0.257. The minimum atomic E-state index is -1.09. The molecule has 0 spiro atoms. The number of nitrogens with one attached hydrogen (secondary N) is 2. The number of aromatic nitrogens is 1. The van der Waals surface area contributed by atoms with Crippen LogP contribution in [0.5, 0.6) is 0 Å². The number of carboxylic acids is 1. The van der Waals surface area contributed by atoms with E-state index < -0.39 is 23.5 Å². The third-order valence-electron chi connectivity index (χ3n) is 3.23. The molecule has 2 aromatic rings. The molecule has 22 heavy (non-hydrogen) atoms. The topological polar surface area (TPSA) is 99.3 Å². The minimum Gasteiger partial charge on any atom is -0.480 e. The second-order valence-electron chi connectivity index (χ2n) is 4.89. The van der Waals surface area contributed by atoms with Crippen LogP contribution in [0, 0.1) is 0 Å². The van der Waals surface area contributed by atoms with Crippen LogP contribution in [0.2, 0.25) is 0 Å². The van der Waals surface area contributed by atoms with E-state index >= 15 is 0 Å². The molecule has 0 bridgehead atoms. The molecule has 0 saturated heterocycles. The van der Waals surface area contributed by atoms with E-state index in [1.165, 1.54) is 6.07 Å². The Hall–Kier alpha value is -2.15. The summed E-state index contributed by atoms with van der Waals surface area (Å²) < 4.78 is 0.754. The van der Waals surface area contributed by atoms with Crippen molar-refractivity contribution in [1.82, 2.24) is 10.3 Å². The van der Waals surface area contributed by atoms with Crippen molar-refractivity contribution >= 4 is 38.7 Å². The van der Waals surface area contributed by atoms with Gasteiger partial charge in [-0.15, -0.1) is 0 Å². The van der Waals surface area contributed by atoms with Gasteiger partial charge in [-0.05, 0) is 24.6 Å². The molecule has 3 N–H and O–H groups in total. The Balaban J connectivity index is 2.44. The first kappa shape index (κ1) is 16.2. The van der Waals surface area contributed by atoms with Crippen molar-refractivity contribution in [3.8, 4) is 0 Å². The molecule has 7 heteroatoms. The highest BCUT2D eigenvalue weighted by Crippen LogP contribution is 2.20. The Kier molecular flexibility index (Phi) is 4.97. The zero-order chi connectivity index (χ0) is 16.3. The fraction of sp³-hybridized carbons (Fsp3) is 0.267. The van der Waals surface area contributed by atoms with Gasteiger partial charge in [0.15, 0.2) is 0 Å². The first-order chi connectivity index (χ1) is 10.4. The lowest BCUT2D eigenvalue weighted by Crippen LogP contribution is -2.41. The van der Waals surface area contributed by atoms with Crippen LogP contribution in [0.15, 0.2) is 33.5 Å². The number of benzene rings is 1. The largest absolute Gasteiger partial charge is 0.480 e. The summed E-state index contributed by atoms with van der Waals surface area (Å²) in [5, 5.41) is 12.1. The third kappa shape index (κ3) is 3.54. The number of hydrogen-bond donors (Lipinski definition) is 3. The van der Waals surface area contributed by atoms with Crippen LogP contribution in [0.1, 0.15) is 30.1 Å². The van der Waals surface area contributed by atoms with Crippen LogP contribution in [0.3, 0.4) is 0 Å². The average Bonchev–Trinajstić information content (AvgIpc) is 2.46. The van der Waals surface area contributed by atoms with E-state index in [1.807, 2.05) is 6.92 Å². The molecular weight excluding hydrogens is 352 g/mol. The first-order valence-corrected chi connectivity index (χ1v) is 7.58. The van der Waals surface area contributed by atoms with Gasteiger partial charge in [-0.3, -0.25) is 9.59 Å². The number of pyridine rings is 1. The third-order valence-corrected chi connectivity index (χ3v) is 3.72. The van der Waals surface area contributed by atoms with E-state index in [0.717, 1.165) is 4.47 Å². The molecule has 1 unspecified atom stereocenters. The normalized spacial score (nSPS) is 12.1. The van der Waals surface area contributed by atoms with Crippen LogP contribution in [-0.2, 0) is 4.79 Å². The number of amides is 1. The molecule has 0 radical (unpaired) electrons. The van der Waals surface area contributed by atoms with Crippen LogP contribution >= 0.6 is 15.9 Å². The lowest BCUT2D eigenvalue weighted by atomic mass is 10.1. The summed E-state index contributed by atoms with van der Waals surface area (Å²) in [6, 6.07) is 5.33. The molecule has 0 aliphatic rings. The Bertz CT molecular complexity index is 785. The lowest BCUT2D eigenvalue weighted by molar-refractivity contribution is -0.139. The van der Waals surface area contributed by atoms with Gasteiger partial charge in [0, 0.05) is 21.4 Å². The van der Waals surface area contributed by atoms with Gasteiger partial charge in [0.25, 0.3) is 5.91 Å². The highest BCUT2D eigenvalue weighted by atomic mass is 79.9. The van der Waals surface area contributed by atoms with Gasteiger partial charge in [-0.25, -0.2) is 4.79 Å². The van der Waals surface area contributed by atoms with Crippen molar-refractivity contribution in [3.05, 3.63) is 44.7 Å². The van der Waals surface area contributed by atoms with Gasteiger partial charge >= 0.3 is 5.97 Å². The van der Waals surface area contributed by atoms with E-state index in [0.29, 0.717) is 23.7 Å². The van der Waals surface area contributed by atoms with E-state index in [9.17, 15) is 14.4 Å². The number of rotatable bonds is 5. The van der Waals surface area contributed by atoms with E-state index in [4.69, 9.17) is 5.11 Å². The molecule has 1 heterocycles. The van der Waals surface area contributed by atoms with Crippen molar-refractivity contribution in [1.29, 1.82) is 0 Å². The van der Waals surface area contributed by atoms with Crippen molar-refractivity contribution in [2.75, 3.05) is 0 Å². The van der Waals surface area contributed by atoms with Crippen LogP contribution in [-0.4, -0.2) is 28.0 Å². The van der Waals surface area contributed by atoms with Crippen molar-refractivity contribution < 1.29 is 14.7 Å². The average molecular weight is 367 g/mol. The van der Waals surface area contributed by atoms with Gasteiger partial charge in [0.2, 0.25) is 5.56 Å². The summed E-state index contributed by atoms with van der Waals surface area (Å²) in [7, 11) is 0. The Morgan fingerprint density at radius 1 is 1.36 bits per heavy atom. The zero-order valence-electron chi connectivity index (χ0n) is 11.9. The maximum atomic E-state index is 12.4. The maximum absolute atomic E-state index is 12.4. The number of aromatic amines is 1. The smallest absolute Gasteiger partial charge is 0.326 e. The molecule has 1 amide bonds. The van der Waals surface area contributed by atoms with Gasteiger partial charge in [0.1, 0.15) is 6.04 Å². The summed E-state index contributed by atoms with van der Waals surface area (Å²) in [4.78, 5) is 37.8. The lowest BCUT2D eigenvalue weighted by Gasteiger charge is -2.14. The molecule has 6 nitrogen and oxygen atoms in total. The van der Waals surface area contributed by atoms with Crippen LogP contribution in [0.25, 0.3) is 10.9 Å². The molecule has 2 rings (SSSR count). The number of hydrogen-bond acceptors (Lipinski definition) is 3. The van der Waals surface area contributed by atoms with Crippen molar-refractivity contribution in [2.24, 2.45) is 0 Å². The highest BCUT2D eigenvalue weighted by molar-refractivity contribution is 9.10. The Morgan fingerprint density at radius 2 is 2.09 bits per heavy atom. The van der Waals surface area contributed by atoms with Crippen LogP contribution < -0.4 is 10.9 Å². The molecule has 1 aromatic carbocycles. The summed E-state index contributed by atoms with van der Waals surface area (Å²) >= 11 is 3.32. The van der Waals surface area contributed by atoms with Gasteiger partial charge < -0.3 is 15.4 Å². The predicted molar refractivity (Wildman–Crippen MR) is 86.1 cm³/mol. The monoisotopic (exact) mass is 366 g/mol. The van der Waals surface area contributed by atoms with E-state index in [1.54, 1.807) is 18.2 Å². The molecule has 116 valence electrons. The molecular formula is C15H15BrN2O4. The summed E-state index contributed by atoms with van der Waals surface area (Å²) in [6.45, 7) is 1.84. The van der Waals surface area contributed by atoms with E-state index in [-0.39, 0.29) is 5.56 Å². The van der Waals surface area contributed by atoms with Gasteiger partial charge in [-0.2, -0.15) is 0 Å². The number of carbonyl (C=O) groups is 2. The quantitative estimate of drug-likeness (QED) is 0.755. The Morgan fingerprint density at radius 3 is 2.73 bits per heavy atom. The maximum Gasteiger partial charge on any atom is 0.326 e. The number of H-pyrrole nitrogens is 1. The predicted octanol–water partition coefficient (Wildman–Crippen LogP) is 2.27. The molecule has 0 aliphatic heterocycles. The number of halogens is 1. The first-order valence-electron chi connectivity index (χ1n) is 6.78. The second kappa shape index (κ2) is 6.74. The second-order valence-corrected chi connectivity index (χ2v) is 5.81. The highest BCUT2D eigenvalue weighted by Gasteiger charge is 2.21. The van der Waals surface area contributed by atoms with Crippen LogP contribution in [0.4, 0.5) is 0 Å². The minimum absolute atomic E-state index is 0.155. The van der Waals surface area contributed by atoms with Gasteiger partial charge in [-0.1, -0.05) is 29.3 Å². The Labute approximate surface area is 134 Å². The summed E-state index contributed by atoms with van der Waals surface area (Å²) in [5.74, 6) is -1.67. The molecule has 0 aliphatic carbocycles. The number of fused-ring (bicyclic) bond motifs is 1. The van der Waals surface area contributed by atoms with E-state index in [2.05, 4.69) is 26.2 Å². The molecule has 1 atom stereocenters. The molecule has 0 fully saturated rings. The molecule has 0 saturated carbocycles. The molecule has 1 aromatic heterocycles. The number of carbonyl (C=O) groups excluding carboxylic acids is 1. The fourth-order valence-electron chi connectivity index (χ4n) is 2.20. The number of aliphatic carboxylic acids is 1. The van der Waals surface area contributed by atoms with Crippen molar-refractivity contribution in [2.45, 2.75) is 25.8 Å². The number of carboxylic acid groups (broad SMARTS) is 1. The van der Waals surface area contributed by atoms with Gasteiger partial charge in [0.05, 0.1) is 5.56 Å².